The molecule has 0 fully saturated rings. The molecule has 0 radical (unpaired) electrons. The summed E-state index contributed by atoms with van der Waals surface area (Å²) < 4.78 is 58.5. The Hall–Kier alpha value is 0.780. The van der Waals surface area contributed by atoms with E-state index < -0.39 is 20.5 Å². The van der Waals surface area contributed by atoms with E-state index in [1.54, 1.807) is 0 Å². The van der Waals surface area contributed by atoms with Gasteiger partial charge in [-0.3, -0.25) is 9.11 Å². The second-order valence-electron chi connectivity index (χ2n) is 1.32. The van der Waals surface area contributed by atoms with Crippen LogP contribution in [0.2, 0.25) is 0 Å². The van der Waals surface area contributed by atoms with Gasteiger partial charge in [0.1, 0.15) is 0 Å². The van der Waals surface area contributed by atoms with Crippen molar-refractivity contribution in [3.63, 3.8) is 0 Å². The Bertz CT molecular complexity index is 264. The van der Waals surface area contributed by atoms with E-state index in [1.165, 1.54) is 0 Å². The first kappa shape index (κ1) is 14.3. The molecular formula is CH5NaO7S2. The molecule has 0 aliphatic heterocycles. The third-order valence-electron chi connectivity index (χ3n) is 0.365. The molecule has 0 aliphatic rings. The molecule has 64 valence electrons. The molecule has 0 spiro atoms. The van der Waals surface area contributed by atoms with Crippen LogP contribution in [0.1, 0.15) is 0 Å². The van der Waals surface area contributed by atoms with Gasteiger partial charge in [0.25, 0.3) is 0 Å². The average molecular weight is 216 g/mol. The van der Waals surface area contributed by atoms with Gasteiger partial charge in [0, 0.05) is 0 Å². The Kier molecular flexibility index (Phi) is 7.06. The molecule has 0 saturated carbocycles. The van der Waals surface area contributed by atoms with E-state index in [9.17, 15) is 8.42 Å². The summed E-state index contributed by atoms with van der Waals surface area (Å²) in [5, 5.41) is 0. The molecule has 0 aromatic carbocycles. The summed E-state index contributed by atoms with van der Waals surface area (Å²) in [6, 6.07) is 0. The molecule has 0 atom stereocenters. The minimum absolute atomic E-state index is 0.0625. The number of hydrogen-bond acceptors (Lipinski definition) is 4. The molecule has 0 saturated heterocycles. The zero-order chi connectivity index (χ0) is 9.71. The van der Waals surface area contributed by atoms with Gasteiger partial charge < -0.3 is 0 Å². The summed E-state index contributed by atoms with van der Waals surface area (Å²) in [7, 11) is -8.27. The Balaban J connectivity index is 0. The van der Waals surface area contributed by atoms with Crippen molar-refractivity contribution in [2.75, 3.05) is 3.00 Å². The second-order valence-corrected chi connectivity index (χ2v) is 5.69. The van der Waals surface area contributed by atoms with Crippen LogP contribution in [0.25, 0.3) is 0 Å². The molecule has 0 aromatic heterocycles. The number of hydrogen-bond donors (Lipinski definition) is 3. The van der Waals surface area contributed by atoms with Crippen molar-refractivity contribution in [1.29, 1.82) is 0 Å². The molecular weight excluding hydrogens is 211 g/mol. The third kappa shape index (κ3) is 58.2. The second kappa shape index (κ2) is 5.43. The van der Waals surface area contributed by atoms with Gasteiger partial charge in [0.2, 0.25) is 0 Å². The first-order chi connectivity index (χ1) is 4.56. The van der Waals surface area contributed by atoms with Crippen LogP contribution in [0.5, 0.6) is 0 Å². The molecule has 0 aromatic rings. The molecule has 0 rings (SSSR count). The number of rotatable bonds is 1. The van der Waals surface area contributed by atoms with Crippen LogP contribution in [-0.4, -0.2) is 61.4 Å². The van der Waals surface area contributed by atoms with E-state index in [1.807, 2.05) is 0 Å². The Morgan fingerprint density at radius 3 is 1.09 bits per heavy atom. The maximum atomic E-state index is 9.59. The molecule has 0 unspecified atom stereocenters. The van der Waals surface area contributed by atoms with Gasteiger partial charge in [-0.2, -0.15) is 8.42 Å². The Labute approximate surface area is 81.5 Å². The summed E-state index contributed by atoms with van der Waals surface area (Å²) in [6.45, 7) is 0. The van der Waals surface area contributed by atoms with Crippen LogP contribution >= 0.6 is 0 Å². The van der Waals surface area contributed by atoms with Crippen LogP contribution in [0, 0.1) is 0 Å². The van der Waals surface area contributed by atoms with Crippen LogP contribution in [-0.2, 0) is 20.5 Å². The quantitative estimate of drug-likeness (QED) is 0.353. The third-order valence-corrected chi connectivity index (χ3v) is 3.28. The maximum absolute atomic E-state index is 9.59. The average Bonchev–Trinajstić information content (AvgIpc) is 1.59. The van der Waals surface area contributed by atoms with E-state index in [0.717, 1.165) is 0 Å². The molecule has 10 heteroatoms. The zero-order valence-corrected chi connectivity index (χ0v) is 9.13. The first-order valence-corrected chi connectivity index (χ1v) is 6.63. The predicted octanol–water partition coefficient (Wildman–Crippen LogP) is -1.65. The molecule has 0 amide bonds. The van der Waals surface area contributed by atoms with Crippen LogP contribution in [0.4, 0.5) is 0 Å². The summed E-state index contributed by atoms with van der Waals surface area (Å²) in [4.78, 5) is 0. The topological polar surface area (TPSA) is 129 Å². The van der Waals surface area contributed by atoms with Gasteiger partial charge in [-0.1, -0.05) is 0 Å². The van der Waals surface area contributed by atoms with E-state index in [0.29, 0.717) is 27.9 Å². The van der Waals surface area contributed by atoms with E-state index in [4.69, 9.17) is 22.1 Å². The molecule has 3 N–H and O–H groups in total. The van der Waals surface area contributed by atoms with Gasteiger partial charge in [-0.05, 0) is 0 Å². The van der Waals surface area contributed by atoms with Crippen molar-refractivity contribution in [2.45, 2.75) is 0 Å². The minimum atomic E-state index is -4.67. The fourth-order valence-corrected chi connectivity index (χ4v) is 0. The van der Waals surface area contributed by atoms with Crippen LogP contribution < -0.4 is 0 Å². The van der Waals surface area contributed by atoms with Crippen molar-refractivity contribution in [3.8, 4) is 0 Å². The van der Waals surface area contributed by atoms with Crippen LogP contribution in [0.3, 0.4) is 0 Å². The summed E-state index contributed by atoms with van der Waals surface area (Å²) in [5.41, 5.74) is 0. The molecule has 7 nitrogen and oxygen atoms in total. The van der Waals surface area contributed by atoms with E-state index in [2.05, 4.69) is 0 Å². The molecule has 0 bridgehead atoms. The monoisotopic (exact) mass is 216 g/mol. The summed E-state index contributed by atoms with van der Waals surface area (Å²) in [6.07, 6.45) is 0. The van der Waals surface area contributed by atoms with Crippen molar-refractivity contribution in [2.24, 2.45) is 0 Å². The molecule has 0 aliphatic carbocycles. The molecule has 0 heterocycles. The van der Waals surface area contributed by atoms with E-state index >= 15 is 0 Å². The van der Waals surface area contributed by atoms with Gasteiger partial charge in [-0.15, -0.1) is 0 Å². The van der Waals surface area contributed by atoms with Gasteiger partial charge in [0.15, 0.2) is 0 Å². The van der Waals surface area contributed by atoms with Gasteiger partial charge in [0.05, 0.1) is 0 Å². The van der Waals surface area contributed by atoms with E-state index in [-0.39, 0.29) is 3.00 Å². The van der Waals surface area contributed by atoms with Crippen molar-refractivity contribution >= 4 is 48.4 Å². The first-order valence-electron chi connectivity index (χ1n) is 2.21. The fourth-order valence-electron chi connectivity index (χ4n) is 0. The van der Waals surface area contributed by atoms with Crippen LogP contribution in [0.15, 0.2) is 0 Å². The van der Waals surface area contributed by atoms with Crippen molar-refractivity contribution < 1.29 is 30.5 Å². The summed E-state index contributed by atoms with van der Waals surface area (Å²) in [5.74, 6) is 0. The Morgan fingerprint density at radius 1 is 1.00 bits per heavy atom. The normalized spacial score (nSPS) is 11.7. The molecule has 11 heavy (non-hydrogen) atoms. The fraction of sp³-hybridized carbons (Fsp3) is 1.00. The van der Waals surface area contributed by atoms with Crippen molar-refractivity contribution in [3.05, 3.63) is 0 Å². The standard InChI is InChI=1S/CH3O3S.Na.H2O4S/c1-5(2,3)4;;1-5(2,3)4/h1H2,(H,2,3,4);;(H2,1,2,3,4). The van der Waals surface area contributed by atoms with Gasteiger partial charge in [-0.25, -0.2) is 0 Å². The predicted molar refractivity (Wildman–Crippen MR) is 36.3 cm³/mol. The SMILES string of the molecule is O=S(=O)(O)O.O=S(=O)(O)[CH2][Na]. The van der Waals surface area contributed by atoms with Gasteiger partial charge >= 0.3 is 64.4 Å². The zero-order valence-electron chi connectivity index (χ0n) is 5.50. The Morgan fingerprint density at radius 2 is 1.09 bits per heavy atom. The summed E-state index contributed by atoms with van der Waals surface area (Å²) >= 11 is 0.510. The van der Waals surface area contributed by atoms with Crippen molar-refractivity contribution in [1.82, 2.24) is 0 Å².